The molecule has 3 nitrogen and oxygen atoms in total. The molecule has 0 aromatic heterocycles. The van der Waals surface area contributed by atoms with Gasteiger partial charge in [-0.2, -0.15) is 0 Å². The van der Waals surface area contributed by atoms with E-state index in [1.165, 1.54) is 0 Å². The summed E-state index contributed by atoms with van der Waals surface area (Å²) < 4.78 is 11.3. The fraction of sp³-hybridized carbons (Fsp3) is 0.500. The van der Waals surface area contributed by atoms with Crippen molar-refractivity contribution in [2.45, 2.75) is 32.8 Å². The molecule has 2 N–H and O–H groups in total. The first-order chi connectivity index (χ1) is 8.44. The molecule has 0 unspecified atom stereocenters. The minimum absolute atomic E-state index is 0.0932. The smallest absolute Gasteiger partial charge is 0.120 e. The second-order valence-electron chi connectivity index (χ2n) is 4.70. The number of benzene rings is 1. The van der Waals surface area contributed by atoms with E-state index in [1.807, 2.05) is 24.3 Å². The van der Waals surface area contributed by atoms with Gasteiger partial charge in [-0.3, -0.25) is 0 Å². The zero-order chi connectivity index (χ0) is 13.6. The standard InChI is InChI=1S/C14H21NO2S/c1-4-14(2,3)17-9-8-16-12-7-5-6-11(10-12)13(15)18/h5-7,10H,4,8-9H2,1-3H3,(H2,15,18). The van der Waals surface area contributed by atoms with E-state index in [0.717, 1.165) is 17.7 Å². The van der Waals surface area contributed by atoms with Gasteiger partial charge in [-0.05, 0) is 32.4 Å². The Bertz CT molecular complexity index is 405. The summed E-state index contributed by atoms with van der Waals surface area (Å²) in [6.07, 6.45) is 0.976. The maximum atomic E-state index is 5.70. The van der Waals surface area contributed by atoms with Crippen molar-refractivity contribution in [1.82, 2.24) is 0 Å². The van der Waals surface area contributed by atoms with Gasteiger partial charge < -0.3 is 15.2 Å². The molecule has 0 fully saturated rings. The Balaban J connectivity index is 2.40. The molecular formula is C14H21NO2S. The molecule has 0 bridgehead atoms. The Kier molecular flexibility index (Phi) is 5.56. The van der Waals surface area contributed by atoms with Gasteiger partial charge in [0.2, 0.25) is 0 Å². The van der Waals surface area contributed by atoms with Gasteiger partial charge in [0.05, 0.1) is 12.2 Å². The Morgan fingerprint density at radius 3 is 2.67 bits per heavy atom. The van der Waals surface area contributed by atoms with Gasteiger partial charge >= 0.3 is 0 Å². The molecule has 0 saturated heterocycles. The van der Waals surface area contributed by atoms with Crippen LogP contribution in [0.2, 0.25) is 0 Å². The molecule has 0 amide bonds. The average molecular weight is 267 g/mol. The van der Waals surface area contributed by atoms with Crippen molar-refractivity contribution in [1.29, 1.82) is 0 Å². The van der Waals surface area contributed by atoms with Crippen molar-refractivity contribution in [2.75, 3.05) is 13.2 Å². The quantitative estimate of drug-likeness (QED) is 0.609. The maximum absolute atomic E-state index is 5.70. The van der Waals surface area contributed by atoms with Gasteiger partial charge in [0, 0.05) is 5.56 Å². The van der Waals surface area contributed by atoms with E-state index in [0.29, 0.717) is 18.2 Å². The number of ether oxygens (including phenoxy) is 2. The first-order valence-corrected chi connectivity index (χ1v) is 6.52. The van der Waals surface area contributed by atoms with E-state index >= 15 is 0 Å². The molecule has 1 rings (SSSR count). The molecule has 100 valence electrons. The third-order valence-electron chi connectivity index (χ3n) is 2.81. The summed E-state index contributed by atoms with van der Waals surface area (Å²) in [6, 6.07) is 7.46. The minimum atomic E-state index is -0.0932. The lowest BCUT2D eigenvalue weighted by atomic mass is 10.1. The predicted octanol–water partition coefficient (Wildman–Crippen LogP) is 2.90. The predicted molar refractivity (Wildman–Crippen MR) is 78.1 cm³/mol. The molecule has 18 heavy (non-hydrogen) atoms. The minimum Gasteiger partial charge on any atom is -0.491 e. The van der Waals surface area contributed by atoms with Crippen LogP contribution in [0.25, 0.3) is 0 Å². The summed E-state index contributed by atoms with van der Waals surface area (Å²) in [6.45, 7) is 7.33. The molecule has 0 heterocycles. The highest BCUT2D eigenvalue weighted by Gasteiger charge is 2.14. The molecule has 1 aromatic carbocycles. The van der Waals surface area contributed by atoms with E-state index in [9.17, 15) is 0 Å². The van der Waals surface area contributed by atoms with Gasteiger partial charge in [-0.15, -0.1) is 0 Å². The van der Waals surface area contributed by atoms with E-state index in [-0.39, 0.29) is 5.60 Å². The lowest BCUT2D eigenvalue weighted by Gasteiger charge is -2.23. The van der Waals surface area contributed by atoms with Crippen molar-refractivity contribution in [2.24, 2.45) is 5.73 Å². The first kappa shape index (κ1) is 14.9. The molecule has 4 heteroatoms. The van der Waals surface area contributed by atoms with Crippen LogP contribution in [-0.2, 0) is 4.74 Å². The lowest BCUT2D eigenvalue weighted by Crippen LogP contribution is -2.25. The van der Waals surface area contributed by atoms with Gasteiger partial charge in [0.25, 0.3) is 0 Å². The second kappa shape index (κ2) is 6.71. The van der Waals surface area contributed by atoms with Crippen LogP contribution in [0.4, 0.5) is 0 Å². The molecule has 0 aliphatic heterocycles. The summed E-state index contributed by atoms with van der Waals surface area (Å²) in [7, 11) is 0. The van der Waals surface area contributed by atoms with Crippen molar-refractivity contribution < 1.29 is 9.47 Å². The molecule has 0 aliphatic carbocycles. The van der Waals surface area contributed by atoms with Gasteiger partial charge in [-0.1, -0.05) is 31.3 Å². The summed E-state index contributed by atoms with van der Waals surface area (Å²) >= 11 is 4.92. The summed E-state index contributed by atoms with van der Waals surface area (Å²) in [5, 5.41) is 0. The molecule has 0 spiro atoms. The number of hydrogen-bond acceptors (Lipinski definition) is 3. The van der Waals surface area contributed by atoms with E-state index in [4.69, 9.17) is 27.4 Å². The molecular weight excluding hydrogens is 246 g/mol. The summed E-state index contributed by atoms with van der Waals surface area (Å²) in [4.78, 5) is 0.379. The average Bonchev–Trinajstić information content (AvgIpc) is 2.35. The Labute approximate surface area is 114 Å². The highest BCUT2D eigenvalue weighted by Crippen LogP contribution is 2.15. The van der Waals surface area contributed by atoms with Crippen LogP contribution in [0.1, 0.15) is 32.8 Å². The molecule has 1 aromatic rings. The number of hydrogen-bond donors (Lipinski definition) is 1. The van der Waals surface area contributed by atoms with Crippen molar-refractivity contribution >= 4 is 17.2 Å². The number of rotatable bonds is 7. The Morgan fingerprint density at radius 2 is 2.06 bits per heavy atom. The van der Waals surface area contributed by atoms with Crippen molar-refractivity contribution in [3.05, 3.63) is 29.8 Å². The maximum Gasteiger partial charge on any atom is 0.120 e. The zero-order valence-electron chi connectivity index (χ0n) is 11.2. The Morgan fingerprint density at radius 1 is 1.33 bits per heavy atom. The normalized spacial score (nSPS) is 11.3. The molecule has 0 radical (unpaired) electrons. The summed E-state index contributed by atoms with van der Waals surface area (Å²) in [5.41, 5.74) is 6.29. The first-order valence-electron chi connectivity index (χ1n) is 6.11. The van der Waals surface area contributed by atoms with Gasteiger partial charge in [0.1, 0.15) is 17.3 Å². The van der Waals surface area contributed by atoms with Crippen LogP contribution in [0.3, 0.4) is 0 Å². The van der Waals surface area contributed by atoms with Crippen LogP contribution >= 0.6 is 12.2 Å². The van der Waals surface area contributed by atoms with Crippen LogP contribution in [0.5, 0.6) is 5.75 Å². The third kappa shape index (κ3) is 5.02. The van der Waals surface area contributed by atoms with Gasteiger partial charge in [0.15, 0.2) is 0 Å². The van der Waals surface area contributed by atoms with Crippen LogP contribution in [0.15, 0.2) is 24.3 Å². The monoisotopic (exact) mass is 267 g/mol. The number of nitrogens with two attached hydrogens (primary N) is 1. The summed E-state index contributed by atoms with van der Waals surface area (Å²) in [5.74, 6) is 0.762. The van der Waals surface area contributed by atoms with E-state index in [1.54, 1.807) is 0 Å². The molecule has 0 saturated carbocycles. The van der Waals surface area contributed by atoms with Crippen molar-refractivity contribution in [3.8, 4) is 5.75 Å². The van der Waals surface area contributed by atoms with Gasteiger partial charge in [-0.25, -0.2) is 0 Å². The fourth-order valence-electron chi connectivity index (χ4n) is 1.32. The molecule has 0 atom stereocenters. The Hall–Kier alpha value is -1.13. The topological polar surface area (TPSA) is 44.5 Å². The van der Waals surface area contributed by atoms with Crippen molar-refractivity contribution in [3.63, 3.8) is 0 Å². The third-order valence-corrected chi connectivity index (χ3v) is 3.05. The SMILES string of the molecule is CCC(C)(C)OCCOc1cccc(C(N)=S)c1. The lowest BCUT2D eigenvalue weighted by molar-refractivity contribution is -0.0317. The molecule has 0 aliphatic rings. The van der Waals surface area contributed by atoms with E-state index in [2.05, 4.69) is 20.8 Å². The fourth-order valence-corrected chi connectivity index (χ4v) is 1.45. The van der Waals surface area contributed by atoms with Crippen LogP contribution in [-0.4, -0.2) is 23.8 Å². The largest absolute Gasteiger partial charge is 0.491 e. The van der Waals surface area contributed by atoms with Crippen LogP contribution < -0.4 is 10.5 Å². The zero-order valence-corrected chi connectivity index (χ0v) is 12.0. The number of thiocarbonyl (C=S) groups is 1. The van der Waals surface area contributed by atoms with E-state index < -0.39 is 0 Å². The highest BCUT2D eigenvalue weighted by atomic mass is 32.1. The highest BCUT2D eigenvalue weighted by molar-refractivity contribution is 7.80. The second-order valence-corrected chi connectivity index (χ2v) is 5.14. The van der Waals surface area contributed by atoms with Crippen LogP contribution in [0, 0.1) is 0 Å².